The van der Waals surface area contributed by atoms with Crippen molar-refractivity contribution in [3.8, 4) is 17.2 Å². The predicted octanol–water partition coefficient (Wildman–Crippen LogP) is 2.31. The Labute approximate surface area is 125 Å². The standard InChI is InChI=1S/C15H15FN2O4/c16-10-3-1-9(2-4-10)5-6-17-15(22)18-11-7-12(19)14(21)13(20)8-11/h1-4,7-8,19-21H,5-6H2,(H2,17,18,22). The van der Waals surface area contributed by atoms with Crippen molar-refractivity contribution in [2.45, 2.75) is 6.42 Å². The maximum atomic E-state index is 12.7. The first-order valence-electron chi connectivity index (χ1n) is 6.50. The molecule has 2 aromatic rings. The molecule has 2 aromatic carbocycles. The van der Waals surface area contributed by atoms with E-state index in [4.69, 9.17) is 0 Å². The van der Waals surface area contributed by atoms with Gasteiger partial charge in [-0.1, -0.05) is 12.1 Å². The summed E-state index contributed by atoms with van der Waals surface area (Å²) < 4.78 is 12.7. The van der Waals surface area contributed by atoms with E-state index in [1.165, 1.54) is 12.1 Å². The number of halogens is 1. The van der Waals surface area contributed by atoms with E-state index < -0.39 is 23.3 Å². The van der Waals surface area contributed by atoms with Crippen LogP contribution in [0.5, 0.6) is 17.2 Å². The highest BCUT2D eigenvalue weighted by Crippen LogP contribution is 2.37. The van der Waals surface area contributed by atoms with E-state index in [0.717, 1.165) is 17.7 Å². The van der Waals surface area contributed by atoms with E-state index in [2.05, 4.69) is 10.6 Å². The van der Waals surface area contributed by atoms with Crippen molar-refractivity contribution in [1.29, 1.82) is 0 Å². The van der Waals surface area contributed by atoms with Crippen LogP contribution in [-0.4, -0.2) is 27.9 Å². The van der Waals surface area contributed by atoms with Crippen LogP contribution >= 0.6 is 0 Å². The molecule has 0 spiro atoms. The van der Waals surface area contributed by atoms with E-state index in [9.17, 15) is 24.5 Å². The number of hydrogen-bond donors (Lipinski definition) is 5. The minimum Gasteiger partial charge on any atom is -0.504 e. The van der Waals surface area contributed by atoms with E-state index >= 15 is 0 Å². The maximum Gasteiger partial charge on any atom is 0.319 e. The Kier molecular flexibility index (Phi) is 4.67. The van der Waals surface area contributed by atoms with Gasteiger partial charge in [-0.15, -0.1) is 0 Å². The zero-order valence-electron chi connectivity index (χ0n) is 11.5. The Hall–Kier alpha value is -2.96. The molecule has 0 heterocycles. The van der Waals surface area contributed by atoms with Crippen molar-refractivity contribution in [3.05, 3.63) is 47.8 Å². The topological polar surface area (TPSA) is 102 Å². The van der Waals surface area contributed by atoms with Crippen LogP contribution in [-0.2, 0) is 6.42 Å². The molecule has 0 atom stereocenters. The van der Waals surface area contributed by atoms with Gasteiger partial charge in [0.2, 0.25) is 0 Å². The van der Waals surface area contributed by atoms with Crippen LogP contribution in [0.25, 0.3) is 0 Å². The minimum absolute atomic E-state index is 0.132. The highest BCUT2D eigenvalue weighted by Gasteiger charge is 2.09. The Morgan fingerprint density at radius 2 is 1.64 bits per heavy atom. The molecule has 6 nitrogen and oxygen atoms in total. The third kappa shape index (κ3) is 4.02. The Bertz CT molecular complexity index is 651. The monoisotopic (exact) mass is 306 g/mol. The number of phenols is 3. The van der Waals surface area contributed by atoms with Gasteiger partial charge in [0, 0.05) is 18.7 Å². The highest BCUT2D eigenvalue weighted by molar-refractivity contribution is 5.90. The molecule has 0 fully saturated rings. The predicted molar refractivity (Wildman–Crippen MR) is 78.6 cm³/mol. The zero-order chi connectivity index (χ0) is 16.1. The number of hydrogen-bond acceptors (Lipinski definition) is 4. The first-order chi connectivity index (χ1) is 10.5. The molecule has 0 saturated carbocycles. The lowest BCUT2D eigenvalue weighted by atomic mass is 10.1. The average molecular weight is 306 g/mol. The molecule has 0 aliphatic heterocycles. The number of carbonyl (C=O) groups excluding carboxylic acids is 1. The van der Waals surface area contributed by atoms with Gasteiger partial charge in [0.1, 0.15) is 5.82 Å². The van der Waals surface area contributed by atoms with Gasteiger partial charge < -0.3 is 26.0 Å². The van der Waals surface area contributed by atoms with E-state index in [0.29, 0.717) is 13.0 Å². The number of rotatable bonds is 4. The number of carbonyl (C=O) groups is 1. The largest absolute Gasteiger partial charge is 0.504 e. The van der Waals surface area contributed by atoms with Crippen molar-refractivity contribution >= 4 is 11.7 Å². The third-order valence-electron chi connectivity index (χ3n) is 2.94. The summed E-state index contributed by atoms with van der Waals surface area (Å²) in [7, 11) is 0. The third-order valence-corrected chi connectivity index (χ3v) is 2.94. The summed E-state index contributed by atoms with van der Waals surface area (Å²) in [6.07, 6.45) is 0.528. The van der Waals surface area contributed by atoms with Crippen molar-refractivity contribution in [1.82, 2.24) is 5.32 Å². The smallest absolute Gasteiger partial charge is 0.319 e. The Balaban J connectivity index is 1.84. The molecule has 5 N–H and O–H groups in total. The summed E-state index contributed by atoms with van der Waals surface area (Å²) in [5, 5.41) is 32.8. The van der Waals surface area contributed by atoms with Crippen LogP contribution in [0.1, 0.15) is 5.56 Å². The van der Waals surface area contributed by atoms with Gasteiger partial charge in [-0.3, -0.25) is 0 Å². The minimum atomic E-state index is -0.651. The SMILES string of the molecule is O=C(NCCc1ccc(F)cc1)Nc1cc(O)c(O)c(O)c1. The number of amides is 2. The van der Waals surface area contributed by atoms with Gasteiger partial charge >= 0.3 is 6.03 Å². The molecule has 0 radical (unpaired) electrons. The van der Waals surface area contributed by atoms with Crippen LogP contribution in [0.3, 0.4) is 0 Å². The second kappa shape index (κ2) is 6.66. The van der Waals surface area contributed by atoms with Crippen molar-refractivity contribution in [2.24, 2.45) is 0 Å². The fourth-order valence-electron chi connectivity index (χ4n) is 1.82. The second-order valence-corrected chi connectivity index (χ2v) is 4.62. The van der Waals surface area contributed by atoms with Crippen LogP contribution in [0, 0.1) is 5.82 Å². The molecule has 0 aliphatic carbocycles. The highest BCUT2D eigenvalue weighted by atomic mass is 19.1. The summed E-state index contributed by atoms with van der Waals surface area (Å²) in [4.78, 5) is 11.7. The van der Waals surface area contributed by atoms with Crippen LogP contribution in [0.2, 0.25) is 0 Å². The van der Waals surface area contributed by atoms with Crippen molar-refractivity contribution in [2.75, 3.05) is 11.9 Å². The van der Waals surface area contributed by atoms with E-state index in [1.54, 1.807) is 12.1 Å². The number of phenolic OH excluding ortho intramolecular Hbond substituents is 3. The molecule has 116 valence electrons. The first-order valence-corrected chi connectivity index (χ1v) is 6.50. The number of nitrogens with one attached hydrogen (secondary N) is 2. The lowest BCUT2D eigenvalue weighted by molar-refractivity contribution is 0.252. The number of aromatic hydroxyl groups is 3. The molecule has 2 amide bonds. The Morgan fingerprint density at radius 1 is 1.05 bits per heavy atom. The van der Waals surface area contributed by atoms with Gasteiger partial charge in [-0.05, 0) is 24.1 Å². The summed E-state index contributed by atoms with van der Waals surface area (Å²) in [5.41, 5.74) is 1.01. The van der Waals surface area contributed by atoms with Gasteiger partial charge in [-0.2, -0.15) is 0 Å². The summed E-state index contributed by atoms with van der Waals surface area (Å²) >= 11 is 0. The van der Waals surface area contributed by atoms with Crippen LogP contribution < -0.4 is 10.6 Å². The molecular weight excluding hydrogens is 291 g/mol. The molecule has 0 saturated heterocycles. The molecule has 22 heavy (non-hydrogen) atoms. The molecule has 0 unspecified atom stereocenters. The normalized spacial score (nSPS) is 10.2. The zero-order valence-corrected chi connectivity index (χ0v) is 11.5. The quantitative estimate of drug-likeness (QED) is 0.442. The lowest BCUT2D eigenvalue weighted by Gasteiger charge is -2.09. The van der Waals surface area contributed by atoms with Gasteiger partial charge in [0.15, 0.2) is 17.2 Å². The fourth-order valence-corrected chi connectivity index (χ4v) is 1.82. The van der Waals surface area contributed by atoms with Crippen molar-refractivity contribution in [3.63, 3.8) is 0 Å². The van der Waals surface area contributed by atoms with Crippen LogP contribution in [0.15, 0.2) is 36.4 Å². The van der Waals surface area contributed by atoms with Gasteiger partial charge in [-0.25, -0.2) is 9.18 Å². The summed E-state index contributed by atoms with van der Waals surface area (Å²) in [6.45, 7) is 0.327. The number of urea groups is 1. The second-order valence-electron chi connectivity index (χ2n) is 4.62. The number of anilines is 1. The molecule has 2 rings (SSSR count). The molecule has 0 aromatic heterocycles. The summed E-state index contributed by atoms with van der Waals surface area (Å²) in [6, 6.07) is 7.63. The summed E-state index contributed by atoms with van der Waals surface area (Å²) in [5.74, 6) is -2.05. The molecular formula is C15H15FN2O4. The van der Waals surface area contributed by atoms with E-state index in [1.807, 2.05) is 0 Å². The molecule has 7 heteroatoms. The van der Waals surface area contributed by atoms with Gasteiger partial charge in [0.25, 0.3) is 0 Å². The van der Waals surface area contributed by atoms with Crippen LogP contribution in [0.4, 0.5) is 14.9 Å². The average Bonchev–Trinajstić information content (AvgIpc) is 2.47. The Morgan fingerprint density at radius 3 is 2.23 bits per heavy atom. The molecule has 0 bridgehead atoms. The first kappa shape index (κ1) is 15.4. The lowest BCUT2D eigenvalue weighted by Crippen LogP contribution is -2.30. The maximum absolute atomic E-state index is 12.7. The van der Waals surface area contributed by atoms with Gasteiger partial charge in [0.05, 0.1) is 5.69 Å². The fraction of sp³-hybridized carbons (Fsp3) is 0.133. The van der Waals surface area contributed by atoms with Crippen molar-refractivity contribution < 1.29 is 24.5 Å². The van der Waals surface area contributed by atoms with E-state index in [-0.39, 0.29) is 11.5 Å². The molecule has 0 aliphatic rings. The number of benzene rings is 2.